The largest absolute Gasteiger partial charge is 0.481 e. The first-order valence-electron chi connectivity index (χ1n) is 6.37. The Labute approximate surface area is 115 Å². The smallest absolute Gasteiger partial charge is 0.305 e. The highest BCUT2D eigenvalue weighted by atomic mass is 32.1. The lowest BCUT2D eigenvalue weighted by atomic mass is 10.1. The first-order chi connectivity index (χ1) is 9.06. The molecule has 1 aliphatic rings. The third-order valence-electron chi connectivity index (χ3n) is 3.43. The zero-order chi connectivity index (χ0) is 13.8. The highest BCUT2D eigenvalue weighted by molar-refractivity contribution is 7.10. The van der Waals surface area contributed by atoms with Crippen LogP contribution >= 0.6 is 11.3 Å². The van der Waals surface area contributed by atoms with Gasteiger partial charge < -0.3 is 16.2 Å². The number of thiophene rings is 1. The van der Waals surface area contributed by atoms with Gasteiger partial charge in [-0.3, -0.25) is 9.59 Å². The van der Waals surface area contributed by atoms with Crippen molar-refractivity contribution in [1.82, 2.24) is 5.32 Å². The zero-order valence-electron chi connectivity index (χ0n) is 10.5. The van der Waals surface area contributed by atoms with E-state index in [1.807, 2.05) is 17.5 Å². The van der Waals surface area contributed by atoms with Crippen LogP contribution in [-0.4, -0.2) is 23.0 Å². The fourth-order valence-corrected chi connectivity index (χ4v) is 3.21. The minimum Gasteiger partial charge on any atom is -0.481 e. The maximum Gasteiger partial charge on any atom is 0.305 e. The van der Waals surface area contributed by atoms with Gasteiger partial charge in [-0.1, -0.05) is 6.07 Å². The van der Waals surface area contributed by atoms with Crippen LogP contribution in [0.5, 0.6) is 0 Å². The molecule has 0 spiro atoms. The average molecular weight is 282 g/mol. The van der Waals surface area contributed by atoms with Crippen LogP contribution in [0.25, 0.3) is 0 Å². The van der Waals surface area contributed by atoms with Gasteiger partial charge in [0.2, 0.25) is 5.91 Å². The molecule has 1 amide bonds. The normalized spacial score (nSPS) is 24.1. The van der Waals surface area contributed by atoms with Crippen LogP contribution < -0.4 is 11.1 Å². The van der Waals surface area contributed by atoms with Crippen molar-refractivity contribution in [2.75, 3.05) is 0 Å². The standard InChI is InChI=1S/C13H18N2O3S/c14-9-4-3-8(6-9)13(18)15-10(7-12(16)17)11-2-1-5-19-11/h1-2,5,8-10H,3-4,6-7,14H2,(H,15,18)(H,16,17). The number of carbonyl (C=O) groups is 2. The fraction of sp³-hybridized carbons (Fsp3) is 0.538. The summed E-state index contributed by atoms with van der Waals surface area (Å²) in [6.07, 6.45) is 2.25. The third-order valence-corrected chi connectivity index (χ3v) is 4.41. The quantitative estimate of drug-likeness (QED) is 0.763. The van der Waals surface area contributed by atoms with Gasteiger partial charge in [0.25, 0.3) is 0 Å². The van der Waals surface area contributed by atoms with Crippen molar-refractivity contribution >= 4 is 23.2 Å². The summed E-state index contributed by atoms with van der Waals surface area (Å²) in [6, 6.07) is 3.35. The molecule has 2 rings (SSSR count). The van der Waals surface area contributed by atoms with Crippen LogP contribution in [0.15, 0.2) is 17.5 Å². The maximum atomic E-state index is 12.1. The van der Waals surface area contributed by atoms with Gasteiger partial charge in [0.15, 0.2) is 0 Å². The van der Waals surface area contributed by atoms with E-state index in [1.165, 1.54) is 11.3 Å². The van der Waals surface area contributed by atoms with E-state index in [-0.39, 0.29) is 24.3 Å². The molecule has 0 bridgehead atoms. The van der Waals surface area contributed by atoms with Crippen molar-refractivity contribution < 1.29 is 14.7 Å². The topological polar surface area (TPSA) is 92.4 Å². The lowest BCUT2D eigenvalue weighted by molar-refractivity contribution is -0.137. The molecule has 5 nitrogen and oxygen atoms in total. The summed E-state index contributed by atoms with van der Waals surface area (Å²) in [6.45, 7) is 0. The number of carboxylic acid groups (broad SMARTS) is 1. The van der Waals surface area contributed by atoms with Gasteiger partial charge in [0, 0.05) is 16.8 Å². The fourth-order valence-electron chi connectivity index (χ4n) is 2.43. The number of aliphatic carboxylic acids is 1. The molecule has 0 radical (unpaired) electrons. The molecule has 0 saturated heterocycles. The lowest BCUT2D eigenvalue weighted by Gasteiger charge is -2.18. The third kappa shape index (κ3) is 3.78. The zero-order valence-corrected chi connectivity index (χ0v) is 11.4. The predicted octanol–water partition coefficient (Wildman–Crippen LogP) is 1.51. The van der Waals surface area contributed by atoms with Gasteiger partial charge in [0.1, 0.15) is 0 Å². The summed E-state index contributed by atoms with van der Waals surface area (Å²) in [5.74, 6) is -1.07. The van der Waals surface area contributed by atoms with E-state index in [2.05, 4.69) is 5.32 Å². The lowest BCUT2D eigenvalue weighted by Crippen LogP contribution is -2.34. The van der Waals surface area contributed by atoms with Gasteiger partial charge in [-0.15, -0.1) is 11.3 Å². The molecule has 3 unspecified atom stereocenters. The number of hydrogen-bond acceptors (Lipinski definition) is 4. The molecule has 1 aromatic heterocycles. The second kappa shape index (κ2) is 6.16. The van der Waals surface area contributed by atoms with Crippen molar-refractivity contribution in [3.05, 3.63) is 22.4 Å². The number of amides is 1. The van der Waals surface area contributed by atoms with Crippen molar-refractivity contribution in [2.45, 2.75) is 37.8 Å². The van der Waals surface area contributed by atoms with E-state index in [9.17, 15) is 9.59 Å². The number of rotatable bonds is 5. The first-order valence-corrected chi connectivity index (χ1v) is 7.25. The average Bonchev–Trinajstić information content (AvgIpc) is 2.97. The SMILES string of the molecule is NC1CCC(C(=O)NC(CC(=O)O)c2cccs2)C1. The summed E-state index contributed by atoms with van der Waals surface area (Å²) < 4.78 is 0. The van der Waals surface area contributed by atoms with E-state index in [4.69, 9.17) is 10.8 Å². The van der Waals surface area contributed by atoms with Gasteiger partial charge in [-0.25, -0.2) is 0 Å². The van der Waals surface area contributed by atoms with Gasteiger partial charge in [0.05, 0.1) is 12.5 Å². The van der Waals surface area contributed by atoms with Crippen molar-refractivity contribution in [2.24, 2.45) is 11.7 Å². The van der Waals surface area contributed by atoms with Crippen molar-refractivity contribution in [1.29, 1.82) is 0 Å². The minimum absolute atomic E-state index is 0.0763. The molecule has 1 saturated carbocycles. The molecule has 1 heterocycles. The van der Waals surface area contributed by atoms with Crippen molar-refractivity contribution in [3.63, 3.8) is 0 Å². The number of carboxylic acids is 1. The number of carbonyl (C=O) groups excluding carboxylic acids is 1. The van der Waals surface area contributed by atoms with E-state index in [0.717, 1.165) is 17.7 Å². The predicted molar refractivity (Wildman–Crippen MR) is 72.8 cm³/mol. The summed E-state index contributed by atoms with van der Waals surface area (Å²) in [4.78, 5) is 23.9. The molecule has 4 N–H and O–H groups in total. The van der Waals surface area contributed by atoms with Crippen molar-refractivity contribution in [3.8, 4) is 0 Å². The van der Waals surface area contributed by atoms with Crippen LogP contribution in [0.4, 0.5) is 0 Å². The molecule has 6 heteroatoms. The molecule has 1 aromatic rings. The Morgan fingerprint density at radius 1 is 1.53 bits per heavy atom. The number of nitrogens with two attached hydrogens (primary N) is 1. The summed E-state index contributed by atoms with van der Waals surface area (Å²) in [5, 5.41) is 13.7. The van der Waals surface area contributed by atoms with E-state index >= 15 is 0 Å². The van der Waals surface area contributed by atoms with Gasteiger partial charge in [-0.05, 0) is 30.7 Å². The Morgan fingerprint density at radius 2 is 2.32 bits per heavy atom. The number of nitrogens with one attached hydrogen (secondary N) is 1. The molecule has 19 heavy (non-hydrogen) atoms. The van der Waals surface area contributed by atoms with Gasteiger partial charge >= 0.3 is 5.97 Å². The van der Waals surface area contributed by atoms with Crippen LogP contribution in [0.3, 0.4) is 0 Å². The molecular formula is C13H18N2O3S. The Morgan fingerprint density at radius 3 is 2.84 bits per heavy atom. The Balaban J connectivity index is 1.99. The molecule has 1 aliphatic carbocycles. The molecule has 104 valence electrons. The summed E-state index contributed by atoms with van der Waals surface area (Å²) >= 11 is 1.46. The summed E-state index contributed by atoms with van der Waals surface area (Å²) in [7, 11) is 0. The minimum atomic E-state index is -0.915. The molecular weight excluding hydrogens is 264 g/mol. The van der Waals surface area contributed by atoms with E-state index in [0.29, 0.717) is 6.42 Å². The second-order valence-corrected chi connectivity index (χ2v) is 5.92. The highest BCUT2D eigenvalue weighted by Gasteiger charge is 2.30. The Hall–Kier alpha value is -1.40. The molecule has 3 atom stereocenters. The monoisotopic (exact) mass is 282 g/mol. The molecule has 0 aliphatic heterocycles. The maximum absolute atomic E-state index is 12.1. The molecule has 1 fully saturated rings. The summed E-state index contributed by atoms with van der Waals surface area (Å²) in [5.41, 5.74) is 5.80. The Bertz CT molecular complexity index is 447. The van der Waals surface area contributed by atoms with Gasteiger partial charge in [-0.2, -0.15) is 0 Å². The van der Waals surface area contributed by atoms with Crippen LogP contribution in [0, 0.1) is 5.92 Å². The van der Waals surface area contributed by atoms with Crippen LogP contribution in [0.1, 0.15) is 36.6 Å². The molecule has 0 aromatic carbocycles. The first kappa shape index (κ1) is 14.0. The Kier molecular flexibility index (Phi) is 4.55. The second-order valence-electron chi connectivity index (χ2n) is 4.94. The highest BCUT2D eigenvalue weighted by Crippen LogP contribution is 2.27. The number of hydrogen-bond donors (Lipinski definition) is 3. The van der Waals surface area contributed by atoms with Crippen LogP contribution in [0.2, 0.25) is 0 Å². The van der Waals surface area contributed by atoms with E-state index < -0.39 is 12.0 Å². The van der Waals surface area contributed by atoms with Crippen LogP contribution in [-0.2, 0) is 9.59 Å². The van der Waals surface area contributed by atoms with E-state index in [1.54, 1.807) is 0 Å².